The number of ether oxygens (including phenoxy) is 1. The van der Waals surface area contributed by atoms with Gasteiger partial charge in [0.2, 0.25) is 5.91 Å². The number of carbonyl (C=O) groups excluding carboxylic acids is 3. The summed E-state index contributed by atoms with van der Waals surface area (Å²) in [6.45, 7) is 5.02. The molecule has 200 valence electrons. The maximum atomic E-state index is 13.3. The van der Waals surface area contributed by atoms with E-state index >= 15 is 0 Å². The number of fused-ring (bicyclic) bond motifs is 2. The van der Waals surface area contributed by atoms with Gasteiger partial charge in [0.25, 0.3) is 11.8 Å². The van der Waals surface area contributed by atoms with Crippen LogP contribution in [0.4, 0.5) is 5.69 Å². The molecule has 0 bridgehead atoms. The van der Waals surface area contributed by atoms with Crippen molar-refractivity contribution in [2.75, 3.05) is 38.2 Å². The lowest BCUT2D eigenvalue weighted by Gasteiger charge is -2.28. The molecule has 4 N–H and O–H groups in total. The Labute approximate surface area is 224 Å². The second-order valence-electron chi connectivity index (χ2n) is 9.96. The Morgan fingerprint density at radius 1 is 1.03 bits per heavy atom. The monoisotopic (exact) mass is 527 g/mol. The van der Waals surface area contributed by atoms with E-state index in [0.717, 1.165) is 29.5 Å². The number of rotatable bonds is 7. The number of nitrogens with one attached hydrogen (secondary N) is 3. The highest BCUT2D eigenvalue weighted by Gasteiger charge is 2.35. The molecule has 0 spiro atoms. The van der Waals surface area contributed by atoms with Crippen molar-refractivity contribution in [1.29, 1.82) is 0 Å². The molecule has 1 fully saturated rings. The molecule has 10 nitrogen and oxygen atoms in total. The fourth-order valence-electron chi connectivity index (χ4n) is 5.54. The van der Waals surface area contributed by atoms with E-state index in [2.05, 4.69) is 20.5 Å². The summed E-state index contributed by atoms with van der Waals surface area (Å²) in [5.41, 5.74) is 3.94. The maximum absolute atomic E-state index is 13.3. The predicted octanol–water partition coefficient (Wildman–Crippen LogP) is 2.34. The largest absolute Gasteiger partial charge is 0.390 e. The quantitative estimate of drug-likeness (QED) is 0.273. The SMILES string of the molecule is CC(=O)Nc1ccc2c(c1)c(C1=C(c3c[nH]c4ccccc34)C(=O)NC1=O)cn2CC(O)CN1CCOCC1. The lowest BCUT2D eigenvalue weighted by Crippen LogP contribution is -2.41. The molecule has 10 heteroatoms. The van der Waals surface area contributed by atoms with E-state index in [0.29, 0.717) is 48.5 Å². The highest BCUT2D eigenvalue weighted by atomic mass is 16.5. The molecule has 1 unspecified atom stereocenters. The van der Waals surface area contributed by atoms with E-state index < -0.39 is 17.9 Å². The standard InChI is InChI=1S/C29H29N5O5/c1-17(35)31-18-6-7-25-21(12-18)23(16-34(25)15-19(36)14-33-8-10-39-11-9-33)27-26(28(37)32-29(27)38)22-13-30-24-5-3-2-4-20(22)24/h2-7,12-13,16,19,30,36H,8-11,14-15H2,1H3,(H,31,35)(H,32,37,38). The summed E-state index contributed by atoms with van der Waals surface area (Å²) in [4.78, 5) is 43.5. The van der Waals surface area contributed by atoms with Gasteiger partial charge in [0.15, 0.2) is 0 Å². The molecule has 2 aromatic carbocycles. The number of amides is 3. The zero-order chi connectivity index (χ0) is 27.1. The molecule has 4 heterocycles. The van der Waals surface area contributed by atoms with Crippen LogP contribution in [0.2, 0.25) is 0 Å². The first kappa shape index (κ1) is 25.1. The van der Waals surface area contributed by atoms with Crippen LogP contribution in [0.3, 0.4) is 0 Å². The zero-order valence-electron chi connectivity index (χ0n) is 21.5. The maximum Gasteiger partial charge on any atom is 0.259 e. The summed E-state index contributed by atoms with van der Waals surface area (Å²) in [6.07, 6.45) is 2.89. The van der Waals surface area contributed by atoms with Gasteiger partial charge in [0, 0.05) is 84.1 Å². The predicted molar refractivity (Wildman–Crippen MR) is 148 cm³/mol. The summed E-state index contributed by atoms with van der Waals surface area (Å²) in [5, 5.41) is 17.8. The summed E-state index contributed by atoms with van der Waals surface area (Å²) in [6, 6.07) is 13.0. The molecule has 0 radical (unpaired) electrons. The van der Waals surface area contributed by atoms with Gasteiger partial charge < -0.3 is 24.7 Å². The number of imide groups is 1. The summed E-state index contributed by atoms with van der Waals surface area (Å²) in [5.74, 6) is -1.17. The molecule has 3 amide bonds. The third kappa shape index (κ3) is 4.74. The van der Waals surface area contributed by atoms with Crippen LogP contribution in [-0.2, 0) is 25.7 Å². The van der Waals surface area contributed by atoms with Crippen LogP contribution >= 0.6 is 0 Å². The van der Waals surface area contributed by atoms with Crippen molar-refractivity contribution in [2.45, 2.75) is 19.6 Å². The number of aliphatic hydroxyl groups excluding tert-OH is 1. The number of nitrogens with zero attached hydrogens (tertiary/aromatic N) is 2. The summed E-state index contributed by atoms with van der Waals surface area (Å²) >= 11 is 0. The highest BCUT2D eigenvalue weighted by molar-refractivity contribution is 6.50. The van der Waals surface area contributed by atoms with Crippen molar-refractivity contribution in [1.82, 2.24) is 19.8 Å². The van der Waals surface area contributed by atoms with Crippen LogP contribution in [0, 0.1) is 0 Å². The number of benzene rings is 2. The van der Waals surface area contributed by atoms with E-state index in [1.54, 1.807) is 18.3 Å². The minimum absolute atomic E-state index is 0.219. The Morgan fingerprint density at radius 2 is 1.77 bits per heavy atom. The third-order valence-electron chi connectivity index (χ3n) is 7.24. The number of hydrogen-bond donors (Lipinski definition) is 4. The number of β-amino-alcohol motifs (C(OH)–C–C–N with tert-alkyl or cyclic N) is 1. The number of para-hydroxylation sites is 1. The molecular formula is C29H29N5O5. The van der Waals surface area contributed by atoms with Crippen molar-refractivity contribution in [3.05, 3.63) is 66.0 Å². The fraction of sp³-hybridized carbons (Fsp3) is 0.276. The van der Waals surface area contributed by atoms with Gasteiger partial charge >= 0.3 is 0 Å². The number of anilines is 1. The van der Waals surface area contributed by atoms with E-state index in [1.165, 1.54) is 6.92 Å². The number of hydrogen-bond acceptors (Lipinski definition) is 6. The Balaban J connectivity index is 1.48. The Bertz CT molecular complexity index is 1640. The van der Waals surface area contributed by atoms with Crippen molar-refractivity contribution in [3.63, 3.8) is 0 Å². The minimum Gasteiger partial charge on any atom is -0.390 e. The lowest BCUT2D eigenvalue weighted by molar-refractivity contribution is -0.123. The van der Waals surface area contributed by atoms with Crippen LogP contribution < -0.4 is 10.6 Å². The molecule has 6 rings (SSSR count). The van der Waals surface area contributed by atoms with Crippen molar-refractivity contribution < 1.29 is 24.2 Å². The number of aromatic amines is 1. The molecule has 4 aromatic rings. The Kier molecular flexibility index (Phi) is 6.51. The molecule has 1 atom stereocenters. The lowest BCUT2D eigenvalue weighted by atomic mass is 9.95. The van der Waals surface area contributed by atoms with Gasteiger partial charge in [-0.25, -0.2) is 0 Å². The van der Waals surface area contributed by atoms with Gasteiger partial charge in [-0.3, -0.25) is 24.6 Å². The van der Waals surface area contributed by atoms with E-state index in [1.807, 2.05) is 41.1 Å². The molecule has 39 heavy (non-hydrogen) atoms. The Morgan fingerprint density at radius 3 is 2.54 bits per heavy atom. The molecule has 2 aromatic heterocycles. The topological polar surface area (TPSA) is 129 Å². The zero-order valence-corrected chi connectivity index (χ0v) is 21.5. The first-order valence-corrected chi connectivity index (χ1v) is 12.9. The summed E-state index contributed by atoms with van der Waals surface area (Å²) < 4.78 is 7.32. The van der Waals surface area contributed by atoms with E-state index in [4.69, 9.17) is 4.74 Å². The first-order valence-electron chi connectivity index (χ1n) is 12.9. The number of morpholine rings is 1. The molecular weight excluding hydrogens is 498 g/mol. The van der Waals surface area contributed by atoms with Crippen molar-refractivity contribution >= 4 is 56.4 Å². The van der Waals surface area contributed by atoms with Gasteiger partial charge in [0.05, 0.1) is 30.5 Å². The van der Waals surface area contributed by atoms with Crippen LogP contribution in [0.15, 0.2) is 54.9 Å². The molecule has 0 aliphatic carbocycles. The molecule has 2 aliphatic rings. The van der Waals surface area contributed by atoms with Crippen LogP contribution in [0.25, 0.3) is 33.0 Å². The summed E-state index contributed by atoms with van der Waals surface area (Å²) in [7, 11) is 0. The second-order valence-corrected chi connectivity index (χ2v) is 9.96. The third-order valence-corrected chi connectivity index (χ3v) is 7.24. The average molecular weight is 528 g/mol. The van der Waals surface area contributed by atoms with Crippen molar-refractivity contribution in [3.8, 4) is 0 Å². The van der Waals surface area contributed by atoms with E-state index in [9.17, 15) is 19.5 Å². The number of carbonyl (C=O) groups is 3. The fourth-order valence-corrected chi connectivity index (χ4v) is 5.54. The highest BCUT2D eigenvalue weighted by Crippen LogP contribution is 2.39. The minimum atomic E-state index is -0.664. The number of aromatic nitrogens is 2. The molecule has 1 saturated heterocycles. The Hall–Kier alpha value is -4.25. The van der Waals surface area contributed by atoms with Gasteiger partial charge in [-0.05, 0) is 24.3 Å². The van der Waals surface area contributed by atoms with Gasteiger partial charge in [-0.15, -0.1) is 0 Å². The van der Waals surface area contributed by atoms with Crippen molar-refractivity contribution in [2.24, 2.45) is 0 Å². The van der Waals surface area contributed by atoms with Crippen LogP contribution in [-0.4, -0.2) is 76.2 Å². The van der Waals surface area contributed by atoms with Crippen LogP contribution in [0.1, 0.15) is 18.1 Å². The molecule has 0 saturated carbocycles. The smallest absolute Gasteiger partial charge is 0.259 e. The number of aliphatic hydroxyl groups is 1. The van der Waals surface area contributed by atoms with Gasteiger partial charge in [-0.1, -0.05) is 18.2 Å². The van der Waals surface area contributed by atoms with E-state index in [-0.39, 0.29) is 17.1 Å². The second kappa shape index (κ2) is 10.1. The first-order chi connectivity index (χ1) is 18.9. The number of H-pyrrole nitrogens is 1. The normalized spacial score (nSPS) is 17.3. The van der Waals surface area contributed by atoms with Gasteiger partial charge in [-0.2, -0.15) is 0 Å². The average Bonchev–Trinajstić information content (AvgIpc) is 3.56. The van der Waals surface area contributed by atoms with Crippen LogP contribution in [0.5, 0.6) is 0 Å². The van der Waals surface area contributed by atoms with Gasteiger partial charge in [0.1, 0.15) is 0 Å². The molecule has 2 aliphatic heterocycles.